The van der Waals surface area contributed by atoms with E-state index in [9.17, 15) is 4.79 Å². The first-order valence-electron chi connectivity index (χ1n) is 9.42. The summed E-state index contributed by atoms with van der Waals surface area (Å²) in [5, 5.41) is 3.07. The van der Waals surface area contributed by atoms with Gasteiger partial charge in [-0.25, -0.2) is 0 Å². The number of hydrogen-bond donors (Lipinski definition) is 1. The lowest BCUT2D eigenvalue weighted by atomic mass is 10.1. The molecule has 1 fully saturated rings. The van der Waals surface area contributed by atoms with Gasteiger partial charge in [-0.05, 0) is 31.5 Å². The lowest BCUT2D eigenvalue weighted by Gasteiger charge is -2.35. The maximum Gasteiger partial charge on any atom is 0.228 e. The minimum Gasteiger partial charge on any atom is -0.496 e. The Morgan fingerprint density at radius 3 is 2.41 bits per heavy atom. The Morgan fingerprint density at radius 2 is 1.70 bits per heavy atom. The zero-order valence-corrected chi connectivity index (χ0v) is 16.3. The molecule has 1 aliphatic heterocycles. The fourth-order valence-electron chi connectivity index (χ4n) is 3.65. The third-order valence-electron chi connectivity index (χ3n) is 4.72. The summed E-state index contributed by atoms with van der Waals surface area (Å²) in [6, 6.07) is 15.6. The van der Waals surface area contributed by atoms with Crippen LogP contribution in [0.15, 0.2) is 48.5 Å². The first-order chi connectivity index (χ1) is 13.0. The van der Waals surface area contributed by atoms with Gasteiger partial charge in [0.15, 0.2) is 0 Å². The van der Waals surface area contributed by atoms with Crippen LogP contribution in [0.25, 0.3) is 0 Å². The molecule has 0 aliphatic carbocycles. The molecule has 0 saturated carbocycles. The molecule has 144 valence electrons. The summed E-state index contributed by atoms with van der Waals surface area (Å²) in [6.45, 7) is 6.79. The Bertz CT molecular complexity index is 768. The molecule has 0 bridgehead atoms. The number of carbonyl (C=O) groups is 1. The van der Waals surface area contributed by atoms with Crippen LogP contribution in [0.3, 0.4) is 0 Å². The van der Waals surface area contributed by atoms with E-state index in [0.29, 0.717) is 0 Å². The van der Waals surface area contributed by atoms with Gasteiger partial charge in [-0.2, -0.15) is 0 Å². The molecule has 1 heterocycles. The van der Waals surface area contributed by atoms with E-state index < -0.39 is 0 Å². The summed E-state index contributed by atoms with van der Waals surface area (Å²) in [5.74, 6) is 0.688. The molecule has 2 atom stereocenters. The van der Waals surface area contributed by atoms with Gasteiger partial charge in [0.25, 0.3) is 0 Å². The second-order valence-corrected chi connectivity index (χ2v) is 7.15. The normalized spacial score (nSPS) is 20.3. The van der Waals surface area contributed by atoms with E-state index >= 15 is 0 Å². The van der Waals surface area contributed by atoms with Crippen molar-refractivity contribution in [2.75, 3.05) is 25.5 Å². The van der Waals surface area contributed by atoms with E-state index in [2.05, 4.69) is 30.1 Å². The number of nitrogens with one attached hydrogen (secondary N) is 1. The van der Waals surface area contributed by atoms with Crippen LogP contribution in [0.4, 0.5) is 5.69 Å². The zero-order valence-electron chi connectivity index (χ0n) is 16.3. The third kappa shape index (κ3) is 5.31. The molecule has 0 spiro atoms. The van der Waals surface area contributed by atoms with Crippen LogP contribution < -0.4 is 10.1 Å². The van der Waals surface area contributed by atoms with Gasteiger partial charge in [-0.1, -0.05) is 36.4 Å². The van der Waals surface area contributed by atoms with Gasteiger partial charge in [0.2, 0.25) is 5.91 Å². The van der Waals surface area contributed by atoms with Gasteiger partial charge in [0.1, 0.15) is 5.75 Å². The largest absolute Gasteiger partial charge is 0.496 e. The Labute approximate surface area is 161 Å². The minimum atomic E-state index is -0.0457. The smallest absolute Gasteiger partial charge is 0.228 e. The van der Waals surface area contributed by atoms with Crippen LogP contribution in [-0.2, 0) is 22.5 Å². The highest BCUT2D eigenvalue weighted by Gasteiger charge is 2.23. The molecule has 3 rings (SSSR count). The number of rotatable bonds is 6. The molecule has 2 unspecified atom stereocenters. The highest BCUT2D eigenvalue weighted by molar-refractivity contribution is 5.93. The van der Waals surface area contributed by atoms with Crippen LogP contribution in [0.2, 0.25) is 0 Å². The van der Waals surface area contributed by atoms with Crippen molar-refractivity contribution >= 4 is 11.6 Å². The van der Waals surface area contributed by atoms with E-state index in [-0.39, 0.29) is 24.5 Å². The van der Waals surface area contributed by atoms with Crippen molar-refractivity contribution in [1.82, 2.24) is 4.90 Å². The summed E-state index contributed by atoms with van der Waals surface area (Å²) >= 11 is 0. The van der Waals surface area contributed by atoms with Crippen molar-refractivity contribution in [1.29, 1.82) is 0 Å². The average molecular weight is 368 g/mol. The van der Waals surface area contributed by atoms with E-state index in [1.807, 2.05) is 42.5 Å². The van der Waals surface area contributed by atoms with Crippen LogP contribution in [0.1, 0.15) is 25.0 Å². The van der Waals surface area contributed by atoms with E-state index in [1.165, 1.54) is 0 Å². The number of methoxy groups -OCH3 is 1. The predicted molar refractivity (Wildman–Crippen MR) is 107 cm³/mol. The van der Waals surface area contributed by atoms with Gasteiger partial charge in [-0.15, -0.1) is 0 Å². The fraction of sp³-hybridized carbons (Fsp3) is 0.409. The Balaban J connectivity index is 1.67. The molecule has 2 aromatic carbocycles. The maximum absolute atomic E-state index is 12.6. The first kappa shape index (κ1) is 19.4. The molecule has 5 nitrogen and oxygen atoms in total. The number of nitrogens with zero attached hydrogens (tertiary/aromatic N) is 1. The van der Waals surface area contributed by atoms with Crippen molar-refractivity contribution < 1.29 is 14.3 Å². The molecule has 1 amide bonds. The highest BCUT2D eigenvalue weighted by atomic mass is 16.5. The van der Waals surface area contributed by atoms with Crippen molar-refractivity contribution in [3.63, 3.8) is 0 Å². The van der Waals surface area contributed by atoms with Crippen molar-refractivity contribution in [2.24, 2.45) is 0 Å². The second-order valence-electron chi connectivity index (χ2n) is 7.15. The number of anilines is 1. The summed E-state index contributed by atoms with van der Waals surface area (Å²) < 4.78 is 11.2. The van der Waals surface area contributed by atoms with Crippen LogP contribution in [0.5, 0.6) is 5.75 Å². The molecular weight excluding hydrogens is 340 g/mol. The highest BCUT2D eigenvalue weighted by Crippen LogP contribution is 2.22. The molecular formula is C22H28N2O3. The summed E-state index contributed by atoms with van der Waals surface area (Å²) in [5.41, 5.74) is 2.86. The first-order valence-corrected chi connectivity index (χ1v) is 9.42. The molecule has 5 heteroatoms. The van der Waals surface area contributed by atoms with E-state index in [0.717, 1.165) is 42.2 Å². The van der Waals surface area contributed by atoms with Gasteiger partial charge < -0.3 is 14.8 Å². The molecule has 27 heavy (non-hydrogen) atoms. The number of para-hydroxylation sites is 2. The summed E-state index contributed by atoms with van der Waals surface area (Å²) in [6.07, 6.45) is 0.728. The topological polar surface area (TPSA) is 50.8 Å². The molecule has 0 radical (unpaired) electrons. The van der Waals surface area contributed by atoms with Crippen molar-refractivity contribution in [2.45, 2.75) is 39.0 Å². The predicted octanol–water partition coefficient (Wildman–Crippen LogP) is 3.49. The van der Waals surface area contributed by atoms with Crippen LogP contribution in [-0.4, -0.2) is 43.2 Å². The van der Waals surface area contributed by atoms with E-state index in [1.54, 1.807) is 7.11 Å². The molecule has 0 aromatic heterocycles. The fourth-order valence-corrected chi connectivity index (χ4v) is 3.65. The number of ether oxygens (including phenoxy) is 2. The number of benzene rings is 2. The van der Waals surface area contributed by atoms with Gasteiger partial charge in [-0.3, -0.25) is 9.69 Å². The number of hydrogen-bond acceptors (Lipinski definition) is 4. The second kappa shape index (κ2) is 9.02. The maximum atomic E-state index is 12.6. The van der Waals surface area contributed by atoms with Crippen molar-refractivity contribution in [3.05, 3.63) is 59.7 Å². The number of amides is 1. The number of carbonyl (C=O) groups excluding carboxylic acids is 1. The monoisotopic (exact) mass is 368 g/mol. The quantitative estimate of drug-likeness (QED) is 0.848. The lowest BCUT2D eigenvalue weighted by Crippen LogP contribution is -2.44. The van der Waals surface area contributed by atoms with Crippen molar-refractivity contribution in [3.8, 4) is 5.75 Å². The van der Waals surface area contributed by atoms with Gasteiger partial charge >= 0.3 is 0 Å². The van der Waals surface area contributed by atoms with Crippen LogP contribution >= 0.6 is 0 Å². The molecule has 1 saturated heterocycles. The minimum absolute atomic E-state index is 0.0457. The van der Waals surface area contributed by atoms with Gasteiger partial charge in [0, 0.05) is 30.9 Å². The number of morpholine rings is 1. The Hall–Kier alpha value is -2.37. The molecule has 1 aliphatic rings. The standard InChI is InChI=1S/C22H28N2O3/c1-16-13-24(14-17(2)27-16)15-19-9-4-6-10-20(19)23-22(25)12-18-8-5-7-11-21(18)26-3/h4-11,16-17H,12-15H2,1-3H3,(H,23,25). The molecule has 2 aromatic rings. The molecule has 1 N–H and O–H groups in total. The Kier molecular flexibility index (Phi) is 6.48. The average Bonchev–Trinajstić information content (AvgIpc) is 2.63. The van der Waals surface area contributed by atoms with Crippen LogP contribution in [0, 0.1) is 0 Å². The SMILES string of the molecule is COc1ccccc1CC(=O)Nc1ccccc1CN1CC(C)OC(C)C1. The zero-order chi connectivity index (χ0) is 19.2. The lowest BCUT2D eigenvalue weighted by molar-refractivity contribution is -0.115. The van der Waals surface area contributed by atoms with E-state index in [4.69, 9.17) is 9.47 Å². The summed E-state index contributed by atoms with van der Waals surface area (Å²) in [4.78, 5) is 15.0. The van der Waals surface area contributed by atoms with Gasteiger partial charge in [0.05, 0.1) is 25.7 Å². The third-order valence-corrected chi connectivity index (χ3v) is 4.72. The summed E-state index contributed by atoms with van der Waals surface area (Å²) in [7, 11) is 1.62. The Morgan fingerprint density at radius 1 is 1.07 bits per heavy atom.